The second-order valence-corrected chi connectivity index (χ2v) is 6.33. The molecule has 0 fully saturated rings. The molecule has 0 spiro atoms. The van der Waals surface area contributed by atoms with Gasteiger partial charge in [0.15, 0.2) is 0 Å². The summed E-state index contributed by atoms with van der Waals surface area (Å²) in [6.45, 7) is 14.0. The molecule has 3 heteroatoms. The minimum absolute atomic E-state index is 0.0352. The lowest BCUT2D eigenvalue weighted by Gasteiger charge is -2.26. The largest absolute Gasteiger partial charge is 0.361 e. The molecule has 1 aromatic heterocycles. The molecule has 0 radical (unpaired) electrons. The molecule has 0 saturated heterocycles. The van der Waals surface area contributed by atoms with E-state index in [1.165, 1.54) is 0 Å². The summed E-state index contributed by atoms with van der Waals surface area (Å²) >= 11 is 0. The van der Waals surface area contributed by atoms with Crippen LogP contribution in [0.1, 0.15) is 53.0 Å². The van der Waals surface area contributed by atoms with Crippen molar-refractivity contribution in [2.45, 2.75) is 59.5 Å². The highest BCUT2D eigenvalue weighted by Crippen LogP contribution is 2.23. The van der Waals surface area contributed by atoms with Crippen molar-refractivity contribution in [2.75, 3.05) is 7.05 Å². The maximum atomic E-state index is 5.39. The highest BCUT2D eigenvalue weighted by Gasteiger charge is 2.21. The molecule has 0 bridgehead atoms. The molecule has 0 aliphatic heterocycles. The fourth-order valence-corrected chi connectivity index (χ4v) is 1.65. The zero-order chi connectivity index (χ0) is 13.2. The van der Waals surface area contributed by atoms with E-state index < -0.39 is 0 Å². The molecule has 0 aromatic carbocycles. The van der Waals surface area contributed by atoms with E-state index in [2.05, 4.69) is 64.7 Å². The molecular formula is C14H26N2O. The summed E-state index contributed by atoms with van der Waals surface area (Å²) in [7, 11) is 2.14. The first-order valence-electron chi connectivity index (χ1n) is 6.38. The van der Waals surface area contributed by atoms with E-state index in [0.717, 1.165) is 18.0 Å². The summed E-state index contributed by atoms with van der Waals surface area (Å²) in [4.78, 5) is 2.31. The van der Waals surface area contributed by atoms with E-state index in [4.69, 9.17) is 4.52 Å². The highest BCUT2D eigenvalue weighted by molar-refractivity contribution is 5.12. The van der Waals surface area contributed by atoms with Crippen LogP contribution in [-0.4, -0.2) is 23.1 Å². The molecule has 0 unspecified atom stereocenters. The Morgan fingerprint density at radius 2 is 1.88 bits per heavy atom. The molecule has 1 rings (SSSR count). The van der Waals surface area contributed by atoms with Crippen LogP contribution in [0, 0.1) is 5.92 Å². The van der Waals surface area contributed by atoms with Crippen molar-refractivity contribution in [2.24, 2.45) is 5.92 Å². The van der Waals surface area contributed by atoms with Gasteiger partial charge in [0.2, 0.25) is 0 Å². The Labute approximate surface area is 105 Å². The minimum Gasteiger partial charge on any atom is -0.361 e. The maximum Gasteiger partial charge on any atom is 0.142 e. The smallest absolute Gasteiger partial charge is 0.142 e. The number of aromatic nitrogens is 1. The Kier molecular flexibility index (Phi) is 4.36. The Morgan fingerprint density at radius 1 is 1.29 bits per heavy atom. The second kappa shape index (κ2) is 5.21. The topological polar surface area (TPSA) is 29.3 Å². The first-order valence-corrected chi connectivity index (χ1v) is 6.38. The average Bonchev–Trinajstić information content (AvgIpc) is 2.64. The van der Waals surface area contributed by atoms with Gasteiger partial charge in [0.1, 0.15) is 5.76 Å². The summed E-state index contributed by atoms with van der Waals surface area (Å²) in [5.74, 6) is 1.60. The lowest BCUT2D eigenvalue weighted by Crippen LogP contribution is -2.32. The van der Waals surface area contributed by atoms with Crippen molar-refractivity contribution >= 4 is 0 Å². The molecule has 0 amide bonds. The van der Waals surface area contributed by atoms with E-state index in [9.17, 15) is 0 Å². The van der Waals surface area contributed by atoms with E-state index >= 15 is 0 Å². The fourth-order valence-electron chi connectivity index (χ4n) is 1.65. The van der Waals surface area contributed by atoms with Crippen LogP contribution in [0.15, 0.2) is 10.6 Å². The van der Waals surface area contributed by atoms with Crippen LogP contribution < -0.4 is 0 Å². The van der Waals surface area contributed by atoms with Crippen LogP contribution >= 0.6 is 0 Å². The summed E-state index contributed by atoms with van der Waals surface area (Å²) in [5.41, 5.74) is 1.05. The normalized spacial score (nSPS) is 14.6. The van der Waals surface area contributed by atoms with Crippen molar-refractivity contribution in [3.05, 3.63) is 17.5 Å². The van der Waals surface area contributed by atoms with Gasteiger partial charge >= 0.3 is 0 Å². The zero-order valence-corrected chi connectivity index (χ0v) is 12.2. The van der Waals surface area contributed by atoms with Gasteiger partial charge in [-0.3, -0.25) is 4.90 Å². The van der Waals surface area contributed by atoms with Gasteiger partial charge in [-0.1, -0.05) is 39.8 Å². The second-order valence-electron chi connectivity index (χ2n) is 6.33. The van der Waals surface area contributed by atoms with Crippen LogP contribution in [0.5, 0.6) is 0 Å². The van der Waals surface area contributed by atoms with Crippen LogP contribution in [0.3, 0.4) is 0 Å². The molecule has 0 aliphatic rings. The summed E-state index contributed by atoms with van der Waals surface area (Å²) in [5, 5.41) is 4.15. The van der Waals surface area contributed by atoms with Gasteiger partial charge in [-0.05, 0) is 19.9 Å². The van der Waals surface area contributed by atoms with E-state index in [1.807, 2.05) is 0 Å². The summed E-state index contributed by atoms with van der Waals surface area (Å²) < 4.78 is 5.39. The Morgan fingerprint density at radius 3 is 2.29 bits per heavy atom. The van der Waals surface area contributed by atoms with Crippen LogP contribution in [0.4, 0.5) is 0 Å². The molecule has 1 aromatic rings. The summed E-state index contributed by atoms with van der Waals surface area (Å²) in [6, 6.07) is 2.62. The van der Waals surface area contributed by atoms with Gasteiger partial charge < -0.3 is 4.52 Å². The molecule has 1 atom stereocenters. The number of rotatable bonds is 4. The molecular weight excluding hydrogens is 212 g/mol. The first-order chi connectivity index (χ1) is 7.71. The van der Waals surface area contributed by atoms with Crippen molar-refractivity contribution < 1.29 is 4.52 Å². The molecule has 0 aliphatic carbocycles. The van der Waals surface area contributed by atoms with Crippen LogP contribution in [-0.2, 0) is 12.0 Å². The zero-order valence-electron chi connectivity index (χ0n) is 12.2. The first kappa shape index (κ1) is 14.2. The van der Waals surface area contributed by atoms with Crippen LogP contribution in [0.2, 0.25) is 0 Å². The Hall–Kier alpha value is -0.830. The van der Waals surface area contributed by atoms with Crippen molar-refractivity contribution in [1.29, 1.82) is 0 Å². The van der Waals surface area contributed by atoms with Gasteiger partial charge in [-0.15, -0.1) is 0 Å². The average molecular weight is 238 g/mol. The fraction of sp³-hybridized carbons (Fsp3) is 0.786. The summed E-state index contributed by atoms with van der Waals surface area (Å²) in [6.07, 6.45) is 0. The third-order valence-corrected chi connectivity index (χ3v) is 3.37. The van der Waals surface area contributed by atoms with Gasteiger partial charge in [0, 0.05) is 24.1 Å². The molecule has 0 N–H and O–H groups in total. The maximum absolute atomic E-state index is 5.39. The predicted molar refractivity (Wildman–Crippen MR) is 71.0 cm³/mol. The third kappa shape index (κ3) is 3.84. The third-order valence-electron chi connectivity index (χ3n) is 3.37. The molecule has 1 heterocycles. The van der Waals surface area contributed by atoms with E-state index in [0.29, 0.717) is 12.0 Å². The lowest BCUT2D eigenvalue weighted by molar-refractivity contribution is 0.195. The monoisotopic (exact) mass is 238 g/mol. The van der Waals surface area contributed by atoms with Gasteiger partial charge in [-0.25, -0.2) is 0 Å². The van der Waals surface area contributed by atoms with Gasteiger partial charge in [-0.2, -0.15) is 0 Å². The predicted octanol–water partition coefficient (Wildman–Crippen LogP) is 3.45. The van der Waals surface area contributed by atoms with Crippen molar-refractivity contribution in [1.82, 2.24) is 10.1 Å². The SMILES string of the molecule is CC(C)[C@@H](C)N(C)Cc1cc(C(C)(C)C)on1. The van der Waals surface area contributed by atoms with E-state index in [1.54, 1.807) is 0 Å². The Balaban J connectivity index is 2.67. The number of hydrogen-bond donors (Lipinski definition) is 0. The van der Waals surface area contributed by atoms with Gasteiger partial charge in [0.05, 0.1) is 5.69 Å². The van der Waals surface area contributed by atoms with Crippen molar-refractivity contribution in [3.8, 4) is 0 Å². The molecule has 0 saturated carbocycles. The van der Waals surface area contributed by atoms with Crippen molar-refractivity contribution in [3.63, 3.8) is 0 Å². The molecule has 98 valence electrons. The highest BCUT2D eigenvalue weighted by atomic mass is 16.5. The standard InChI is InChI=1S/C14H26N2O/c1-10(2)11(3)16(7)9-12-8-13(17-15-12)14(4,5)6/h8,10-11H,9H2,1-7H3/t11-/m1/s1. The van der Waals surface area contributed by atoms with E-state index in [-0.39, 0.29) is 5.41 Å². The molecule has 3 nitrogen and oxygen atoms in total. The lowest BCUT2D eigenvalue weighted by atomic mass is 9.93. The number of nitrogens with zero attached hydrogens (tertiary/aromatic N) is 2. The minimum atomic E-state index is 0.0352. The van der Waals surface area contributed by atoms with Gasteiger partial charge in [0.25, 0.3) is 0 Å². The quantitative estimate of drug-likeness (QED) is 0.804. The number of hydrogen-bond acceptors (Lipinski definition) is 3. The van der Waals surface area contributed by atoms with Crippen LogP contribution in [0.25, 0.3) is 0 Å². The molecule has 17 heavy (non-hydrogen) atoms. The Bertz CT molecular complexity index is 349.